The molecule has 1 fully saturated rings. The molecule has 0 saturated heterocycles. The molecule has 1 aliphatic rings. The van der Waals surface area contributed by atoms with Crippen LogP contribution in [0.4, 0.5) is 4.39 Å². The van der Waals surface area contributed by atoms with Gasteiger partial charge in [-0.2, -0.15) is 0 Å². The number of amides is 2. The zero-order chi connectivity index (χ0) is 23.6. The smallest absolute Gasteiger partial charge is 0.243 e. The van der Waals surface area contributed by atoms with Gasteiger partial charge >= 0.3 is 0 Å². The maximum Gasteiger partial charge on any atom is 0.243 e. The van der Waals surface area contributed by atoms with E-state index in [1.807, 2.05) is 6.92 Å². The minimum Gasteiger partial charge on any atom is -0.494 e. The molecule has 0 bridgehead atoms. The van der Waals surface area contributed by atoms with Crippen LogP contribution in [0.2, 0.25) is 5.02 Å². The first-order chi connectivity index (χ1) is 16.0. The van der Waals surface area contributed by atoms with Gasteiger partial charge in [0.05, 0.1) is 6.61 Å². The summed E-state index contributed by atoms with van der Waals surface area (Å²) in [4.78, 5) is 27.9. The number of hydrogen-bond donors (Lipinski definition) is 1. The predicted octanol–water partition coefficient (Wildman–Crippen LogP) is 5.50. The van der Waals surface area contributed by atoms with Crippen LogP contribution in [0.1, 0.15) is 57.4 Å². The Morgan fingerprint density at radius 3 is 2.42 bits per heavy atom. The molecule has 1 N–H and O–H groups in total. The van der Waals surface area contributed by atoms with Crippen molar-refractivity contribution in [3.63, 3.8) is 0 Å². The zero-order valence-corrected chi connectivity index (χ0v) is 19.8. The van der Waals surface area contributed by atoms with Crippen molar-refractivity contribution in [3.8, 4) is 5.75 Å². The maximum absolute atomic E-state index is 13.4. The Morgan fingerprint density at radius 1 is 1.12 bits per heavy atom. The summed E-state index contributed by atoms with van der Waals surface area (Å²) in [7, 11) is 0. The Hall–Kier alpha value is -2.60. The van der Waals surface area contributed by atoms with Crippen LogP contribution >= 0.6 is 11.6 Å². The molecule has 0 unspecified atom stereocenters. The molecule has 2 aromatic rings. The van der Waals surface area contributed by atoms with E-state index in [-0.39, 0.29) is 36.6 Å². The Balaban J connectivity index is 1.63. The van der Waals surface area contributed by atoms with Gasteiger partial charge in [-0.25, -0.2) is 4.39 Å². The summed E-state index contributed by atoms with van der Waals surface area (Å²) in [6, 6.07) is 12.7. The van der Waals surface area contributed by atoms with Crippen molar-refractivity contribution >= 4 is 23.4 Å². The SMILES string of the molecule is CC[C@H](C(=O)NC1CCCC1)N(Cc1ccc(F)cc1)C(=O)CCCOc1ccc(Cl)cc1. The molecule has 0 radical (unpaired) electrons. The third kappa shape index (κ3) is 7.74. The van der Waals surface area contributed by atoms with Crippen molar-refractivity contribution in [2.45, 2.75) is 70.5 Å². The normalized spacial score (nSPS) is 14.6. The van der Waals surface area contributed by atoms with E-state index in [9.17, 15) is 14.0 Å². The lowest BCUT2D eigenvalue weighted by Gasteiger charge is -2.31. The molecule has 0 aromatic heterocycles. The lowest BCUT2D eigenvalue weighted by molar-refractivity contribution is -0.141. The van der Waals surface area contributed by atoms with Crippen LogP contribution in [0, 0.1) is 5.82 Å². The summed E-state index contributed by atoms with van der Waals surface area (Å²) in [6.45, 7) is 2.55. The van der Waals surface area contributed by atoms with Crippen molar-refractivity contribution < 1.29 is 18.7 Å². The lowest BCUT2D eigenvalue weighted by Crippen LogP contribution is -2.50. The van der Waals surface area contributed by atoms with Crippen LogP contribution in [0.25, 0.3) is 0 Å². The van der Waals surface area contributed by atoms with Crippen LogP contribution in [0.5, 0.6) is 5.75 Å². The number of benzene rings is 2. The average molecular weight is 475 g/mol. The first-order valence-corrected chi connectivity index (χ1v) is 12.1. The van der Waals surface area contributed by atoms with Gasteiger partial charge in [-0.3, -0.25) is 9.59 Å². The molecular formula is C26H32ClFN2O3. The summed E-state index contributed by atoms with van der Waals surface area (Å²) in [6.07, 6.45) is 5.48. The molecule has 33 heavy (non-hydrogen) atoms. The fourth-order valence-corrected chi connectivity index (χ4v) is 4.29. The van der Waals surface area contributed by atoms with E-state index in [1.54, 1.807) is 41.3 Å². The molecule has 7 heteroatoms. The first-order valence-electron chi connectivity index (χ1n) is 11.7. The topological polar surface area (TPSA) is 58.6 Å². The van der Waals surface area contributed by atoms with Gasteiger partial charge in [0.1, 0.15) is 17.6 Å². The monoisotopic (exact) mass is 474 g/mol. The van der Waals surface area contributed by atoms with E-state index in [1.165, 1.54) is 12.1 Å². The third-order valence-electron chi connectivity index (χ3n) is 5.97. The minimum absolute atomic E-state index is 0.114. The number of nitrogens with zero attached hydrogens (tertiary/aromatic N) is 1. The van der Waals surface area contributed by atoms with Crippen LogP contribution in [-0.4, -0.2) is 35.4 Å². The molecule has 0 spiro atoms. The van der Waals surface area contributed by atoms with E-state index in [0.717, 1.165) is 31.2 Å². The quantitative estimate of drug-likeness (QED) is 0.437. The van der Waals surface area contributed by atoms with Crippen LogP contribution in [0.15, 0.2) is 48.5 Å². The Morgan fingerprint density at radius 2 is 1.79 bits per heavy atom. The van der Waals surface area contributed by atoms with E-state index in [0.29, 0.717) is 30.2 Å². The fraction of sp³-hybridized carbons (Fsp3) is 0.462. The van der Waals surface area contributed by atoms with Crippen LogP contribution in [0.3, 0.4) is 0 Å². The first kappa shape index (κ1) is 25.0. The summed E-state index contributed by atoms with van der Waals surface area (Å²) in [5.41, 5.74) is 0.786. The fourth-order valence-electron chi connectivity index (χ4n) is 4.16. The number of ether oxygens (including phenoxy) is 1. The molecule has 3 rings (SSSR count). The van der Waals surface area contributed by atoms with E-state index in [4.69, 9.17) is 16.3 Å². The molecule has 1 saturated carbocycles. The van der Waals surface area contributed by atoms with Gasteiger partial charge in [-0.15, -0.1) is 0 Å². The summed E-state index contributed by atoms with van der Waals surface area (Å²) in [5, 5.41) is 3.76. The highest BCUT2D eigenvalue weighted by molar-refractivity contribution is 6.30. The maximum atomic E-state index is 13.4. The van der Waals surface area contributed by atoms with Gasteiger partial charge < -0.3 is 15.0 Å². The number of rotatable bonds is 11. The zero-order valence-electron chi connectivity index (χ0n) is 19.1. The second kappa shape index (κ2) is 12.6. The van der Waals surface area contributed by atoms with E-state index >= 15 is 0 Å². The largest absolute Gasteiger partial charge is 0.494 e. The van der Waals surface area contributed by atoms with Gasteiger partial charge in [0.2, 0.25) is 11.8 Å². The molecule has 5 nitrogen and oxygen atoms in total. The Bertz CT molecular complexity index is 899. The molecule has 2 amide bonds. The molecule has 1 aliphatic carbocycles. The van der Waals surface area contributed by atoms with Crippen molar-refractivity contribution in [3.05, 3.63) is 64.9 Å². The minimum atomic E-state index is -0.569. The third-order valence-corrected chi connectivity index (χ3v) is 6.22. The second-order valence-corrected chi connectivity index (χ2v) is 8.90. The highest BCUT2D eigenvalue weighted by Gasteiger charge is 2.30. The Labute approximate surface area is 200 Å². The molecule has 2 aromatic carbocycles. The van der Waals surface area contributed by atoms with Crippen molar-refractivity contribution in [1.29, 1.82) is 0 Å². The number of hydrogen-bond acceptors (Lipinski definition) is 3. The van der Waals surface area contributed by atoms with Crippen molar-refractivity contribution in [1.82, 2.24) is 10.2 Å². The molecule has 1 atom stereocenters. The summed E-state index contributed by atoms with van der Waals surface area (Å²) in [5.74, 6) is 0.129. The highest BCUT2D eigenvalue weighted by Crippen LogP contribution is 2.20. The summed E-state index contributed by atoms with van der Waals surface area (Å²) < 4.78 is 19.1. The molecule has 0 aliphatic heterocycles. The van der Waals surface area contributed by atoms with Gasteiger partial charge in [-0.05, 0) is 67.6 Å². The number of halogens is 2. The van der Waals surface area contributed by atoms with Gasteiger partial charge in [-0.1, -0.05) is 43.5 Å². The van der Waals surface area contributed by atoms with Gasteiger partial charge in [0.25, 0.3) is 0 Å². The standard InChI is InChI=1S/C26H32ClFN2O3/c1-2-24(26(32)29-22-6-3-4-7-22)30(18-19-9-13-21(28)14-10-19)25(31)8-5-17-33-23-15-11-20(27)12-16-23/h9-16,22,24H,2-8,17-18H2,1H3,(H,29,32)/t24-/m1/s1. The number of carbonyl (C=O) groups excluding carboxylic acids is 2. The van der Waals surface area contributed by atoms with Gasteiger partial charge in [0.15, 0.2) is 0 Å². The molecular weight excluding hydrogens is 443 g/mol. The van der Waals surface area contributed by atoms with Gasteiger partial charge in [0, 0.05) is 24.0 Å². The van der Waals surface area contributed by atoms with Crippen molar-refractivity contribution in [2.75, 3.05) is 6.61 Å². The average Bonchev–Trinajstić information content (AvgIpc) is 3.32. The number of nitrogens with one attached hydrogen (secondary N) is 1. The molecule has 0 heterocycles. The van der Waals surface area contributed by atoms with Crippen LogP contribution in [-0.2, 0) is 16.1 Å². The number of carbonyl (C=O) groups is 2. The summed E-state index contributed by atoms with van der Waals surface area (Å²) >= 11 is 5.89. The van der Waals surface area contributed by atoms with Crippen LogP contribution < -0.4 is 10.1 Å². The second-order valence-electron chi connectivity index (χ2n) is 8.47. The molecule has 178 valence electrons. The van der Waals surface area contributed by atoms with E-state index < -0.39 is 6.04 Å². The Kier molecular flexibility index (Phi) is 9.55. The predicted molar refractivity (Wildman–Crippen MR) is 128 cm³/mol. The lowest BCUT2D eigenvalue weighted by atomic mass is 10.1. The van der Waals surface area contributed by atoms with E-state index in [2.05, 4.69) is 5.32 Å². The van der Waals surface area contributed by atoms with Crippen molar-refractivity contribution in [2.24, 2.45) is 0 Å². The highest BCUT2D eigenvalue weighted by atomic mass is 35.5.